The molecule has 28 heavy (non-hydrogen) atoms. The standard InChI is InChI=1S/C20H21FN4O2S/c21-15-8-2-4-10-17(15)22-19(26)24-18-14-7-1-3-9-16(14)23-20(27)25(18)12-13-6-5-11-28-13/h2,4-6,8,10-11,14,16H,1,3,7,9,12H2,(H,22,26)(H,23,27)/b24-18+. The summed E-state index contributed by atoms with van der Waals surface area (Å²) in [5.74, 6) is -0.0723. The van der Waals surface area contributed by atoms with Gasteiger partial charge in [0.15, 0.2) is 0 Å². The number of carbonyl (C=O) groups excluding carboxylic acids is 2. The van der Waals surface area contributed by atoms with Crippen LogP contribution in [0.4, 0.5) is 19.7 Å². The maximum atomic E-state index is 13.9. The Bertz CT molecular complexity index is 899. The van der Waals surface area contributed by atoms with Gasteiger partial charge in [-0.3, -0.25) is 4.90 Å². The van der Waals surface area contributed by atoms with E-state index < -0.39 is 11.8 Å². The van der Waals surface area contributed by atoms with Crippen molar-refractivity contribution in [1.29, 1.82) is 0 Å². The van der Waals surface area contributed by atoms with Crippen molar-refractivity contribution in [1.82, 2.24) is 10.2 Å². The second kappa shape index (κ2) is 8.10. The number of benzene rings is 1. The molecule has 6 nitrogen and oxygen atoms in total. The molecule has 1 aliphatic carbocycles. The molecular weight excluding hydrogens is 379 g/mol. The van der Waals surface area contributed by atoms with Crippen LogP contribution in [0.25, 0.3) is 0 Å². The second-order valence-corrected chi connectivity index (χ2v) is 8.02. The van der Waals surface area contributed by atoms with Gasteiger partial charge in [-0.25, -0.2) is 14.0 Å². The van der Waals surface area contributed by atoms with E-state index in [0.717, 1.165) is 30.6 Å². The van der Waals surface area contributed by atoms with E-state index in [1.54, 1.807) is 28.4 Å². The van der Waals surface area contributed by atoms with Crippen molar-refractivity contribution < 1.29 is 14.0 Å². The number of nitrogens with zero attached hydrogens (tertiary/aromatic N) is 2. The third-order valence-corrected chi connectivity index (χ3v) is 6.01. The zero-order chi connectivity index (χ0) is 19.5. The summed E-state index contributed by atoms with van der Waals surface area (Å²) in [6.45, 7) is 0.360. The van der Waals surface area contributed by atoms with Crippen molar-refractivity contribution in [2.75, 3.05) is 5.32 Å². The third-order valence-electron chi connectivity index (χ3n) is 5.15. The van der Waals surface area contributed by atoms with Gasteiger partial charge in [-0.05, 0) is 36.4 Å². The van der Waals surface area contributed by atoms with Crippen LogP contribution in [0.2, 0.25) is 0 Å². The van der Waals surface area contributed by atoms with Crippen molar-refractivity contribution in [3.63, 3.8) is 0 Å². The van der Waals surface area contributed by atoms with Crippen LogP contribution in [0.15, 0.2) is 46.8 Å². The zero-order valence-electron chi connectivity index (χ0n) is 15.2. The summed E-state index contributed by atoms with van der Waals surface area (Å²) in [4.78, 5) is 32.1. The minimum atomic E-state index is -0.671. The Kier molecular flexibility index (Phi) is 5.38. The summed E-state index contributed by atoms with van der Waals surface area (Å²) in [6, 6.07) is 8.89. The van der Waals surface area contributed by atoms with Crippen LogP contribution in [0.5, 0.6) is 0 Å². The lowest BCUT2D eigenvalue weighted by Crippen LogP contribution is -2.60. The summed E-state index contributed by atoms with van der Waals surface area (Å²) < 4.78 is 13.9. The Morgan fingerprint density at radius 1 is 1.25 bits per heavy atom. The van der Waals surface area contributed by atoms with Crippen molar-refractivity contribution in [3.8, 4) is 0 Å². The summed E-state index contributed by atoms with van der Waals surface area (Å²) in [6.07, 6.45) is 3.80. The quantitative estimate of drug-likeness (QED) is 0.790. The summed E-state index contributed by atoms with van der Waals surface area (Å²) >= 11 is 1.55. The van der Waals surface area contributed by atoms with Gasteiger partial charge >= 0.3 is 12.1 Å². The highest BCUT2D eigenvalue weighted by Crippen LogP contribution is 2.31. The highest BCUT2D eigenvalue weighted by atomic mass is 32.1. The molecule has 146 valence electrons. The molecule has 2 aliphatic rings. The van der Waals surface area contributed by atoms with Crippen molar-refractivity contribution in [2.24, 2.45) is 10.9 Å². The number of halogens is 1. The molecule has 2 atom stereocenters. The Morgan fingerprint density at radius 2 is 2.07 bits per heavy atom. The number of amidine groups is 1. The molecule has 1 aromatic carbocycles. The topological polar surface area (TPSA) is 73.8 Å². The summed E-state index contributed by atoms with van der Waals surface area (Å²) in [5.41, 5.74) is 0.0714. The Balaban J connectivity index is 1.63. The summed E-state index contributed by atoms with van der Waals surface area (Å²) in [5, 5.41) is 7.50. The lowest BCUT2D eigenvalue weighted by atomic mass is 9.82. The number of urea groups is 2. The molecule has 0 radical (unpaired) electrons. The fourth-order valence-corrected chi connectivity index (χ4v) is 4.51. The first kappa shape index (κ1) is 18.6. The van der Waals surface area contributed by atoms with E-state index in [2.05, 4.69) is 15.6 Å². The molecule has 2 unspecified atom stereocenters. The average molecular weight is 400 g/mol. The Labute approximate surface area is 166 Å². The fourth-order valence-electron chi connectivity index (χ4n) is 3.82. The SMILES string of the molecule is O=C(/N=C1\C2CCCCC2NC(=O)N1Cc1cccs1)Nc1ccccc1F. The van der Waals surface area contributed by atoms with Gasteiger partial charge in [0.2, 0.25) is 0 Å². The smallest absolute Gasteiger partial charge is 0.334 e. The molecule has 0 spiro atoms. The Hall–Kier alpha value is -2.74. The van der Waals surface area contributed by atoms with E-state index in [9.17, 15) is 14.0 Å². The minimum Gasteiger partial charge on any atom is -0.334 e. The number of hydrogen-bond donors (Lipinski definition) is 2. The lowest BCUT2D eigenvalue weighted by molar-refractivity contribution is 0.188. The number of rotatable bonds is 3. The molecule has 1 saturated heterocycles. The number of nitrogens with one attached hydrogen (secondary N) is 2. The van der Waals surface area contributed by atoms with Crippen LogP contribution in [0.1, 0.15) is 30.6 Å². The number of aliphatic imine (C=N–C) groups is 1. The third kappa shape index (κ3) is 3.91. The van der Waals surface area contributed by atoms with E-state index in [4.69, 9.17) is 0 Å². The van der Waals surface area contributed by atoms with Gasteiger partial charge in [0.25, 0.3) is 0 Å². The maximum Gasteiger partial charge on any atom is 0.347 e. The molecule has 4 rings (SSSR count). The normalized spacial score (nSPS) is 23.2. The first-order valence-corrected chi connectivity index (χ1v) is 10.2. The van der Waals surface area contributed by atoms with Crippen molar-refractivity contribution >= 4 is 34.9 Å². The number of fused-ring (bicyclic) bond motifs is 1. The van der Waals surface area contributed by atoms with Gasteiger partial charge in [0.1, 0.15) is 11.7 Å². The van der Waals surface area contributed by atoms with E-state index >= 15 is 0 Å². The molecule has 8 heteroatoms. The average Bonchev–Trinajstić information content (AvgIpc) is 3.19. The highest BCUT2D eigenvalue weighted by molar-refractivity contribution is 7.09. The molecule has 1 saturated carbocycles. The predicted octanol–water partition coefficient (Wildman–Crippen LogP) is 4.60. The zero-order valence-corrected chi connectivity index (χ0v) is 16.0. The molecule has 2 heterocycles. The van der Waals surface area contributed by atoms with Gasteiger partial charge < -0.3 is 10.6 Å². The molecule has 1 aromatic heterocycles. The maximum absolute atomic E-state index is 13.9. The molecule has 2 aromatic rings. The fraction of sp³-hybridized carbons (Fsp3) is 0.350. The van der Waals surface area contributed by atoms with Crippen molar-refractivity contribution in [3.05, 3.63) is 52.5 Å². The van der Waals surface area contributed by atoms with Crippen molar-refractivity contribution in [2.45, 2.75) is 38.3 Å². The molecule has 2 N–H and O–H groups in total. The summed E-state index contributed by atoms with van der Waals surface area (Å²) in [7, 11) is 0. The first-order valence-electron chi connectivity index (χ1n) is 9.36. The molecule has 2 fully saturated rings. The number of para-hydroxylation sites is 1. The first-order chi connectivity index (χ1) is 13.6. The Morgan fingerprint density at radius 3 is 2.86 bits per heavy atom. The van der Waals surface area contributed by atoms with Gasteiger partial charge in [0.05, 0.1) is 12.2 Å². The van der Waals surface area contributed by atoms with Crippen LogP contribution >= 0.6 is 11.3 Å². The van der Waals surface area contributed by atoms with Crippen LogP contribution in [-0.2, 0) is 6.54 Å². The van der Waals surface area contributed by atoms with Gasteiger partial charge in [-0.15, -0.1) is 11.3 Å². The van der Waals surface area contributed by atoms with Crippen LogP contribution in [0.3, 0.4) is 0 Å². The van der Waals surface area contributed by atoms with Crippen LogP contribution < -0.4 is 10.6 Å². The van der Waals surface area contributed by atoms with Gasteiger partial charge in [0, 0.05) is 16.8 Å². The highest BCUT2D eigenvalue weighted by Gasteiger charge is 2.40. The number of carbonyl (C=O) groups is 2. The lowest BCUT2D eigenvalue weighted by Gasteiger charge is -2.42. The monoisotopic (exact) mass is 400 g/mol. The van der Waals surface area contributed by atoms with E-state index in [-0.39, 0.29) is 23.7 Å². The number of hydrogen-bond acceptors (Lipinski definition) is 3. The number of thiophene rings is 1. The molecule has 0 bridgehead atoms. The van der Waals surface area contributed by atoms with Crippen LogP contribution in [0, 0.1) is 11.7 Å². The van der Waals surface area contributed by atoms with Gasteiger partial charge in [-0.1, -0.05) is 31.0 Å². The second-order valence-electron chi connectivity index (χ2n) is 6.99. The molecule has 4 amide bonds. The minimum absolute atomic E-state index is 0.0131. The van der Waals surface area contributed by atoms with Gasteiger partial charge in [-0.2, -0.15) is 4.99 Å². The molecule has 1 aliphatic heterocycles. The van der Waals surface area contributed by atoms with Crippen LogP contribution in [-0.4, -0.2) is 28.8 Å². The predicted molar refractivity (Wildman–Crippen MR) is 107 cm³/mol. The number of amides is 4. The van der Waals surface area contributed by atoms with E-state index in [1.807, 2.05) is 17.5 Å². The van der Waals surface area contributed by atoms with E-state index in [1.165, 1.54) is 12.1 Å². The van der Waals surface area contributed by atoms with E-state index in [0.29, 0.717) is 12.4 Å². The number of anilines is 1. The molecular formula is C20H21FN4O2S. The largest absolute Gasteiger partial charge is 0.347 e.